The Hall–Kier alpha value is -1.13. The van der Waals surface area contributed by atoms with Crippen molar-refractivity contribution in [2.75, 3.05) is 13.6 Å². The minimum absolute atomic E-state index is 0. The van der Waals surface area contributed by atoms with Crippen molar-refractivity contribution < 1.29 is 9.18 Å². The molecule has 0 aliphatic heterocycles. The zero-order valence-corrected chi connectivity index (χ0v) is 11.6. The van der Waals surface area contributed by atoms with Crippen LogP contribution in [0.1, 0.15) is 24.0 Å². The first-order valence-corrected chi connectivity index (χ1v) is 5.80. The van der Waals surface area contributed by atoms with Gasteiger partial charge in [-0.2, -0.15) is 0 Å². The molecule has 0 heterocycles. The highest BCUT2D eigenvalue weighted by Crippen LogP contribution is 2.08. The molecule has 0 saturated carbocycles. The fourth-order valence-corrected chi connectivity index (χ4v) is 1.53. The third-order valence-corrected chi connectivity index (χ3v) is 2.54. The fraction of sp³-hybridized carbons (Fsp3) is 0.462. The number of nitrogens with one attached hydrogen (secondary N) is 2. The summed E-state index contributed by atoms with van der Waals surface area (Å²) in [7, 11) is 1.86. The first-order chi connectivity index (χ1) is 8.13. The van der Waals surface area contributed by atoms with E-state index in [2.05, 4.69) is 10.6 Å². The standard InChI is InChI=1S/C13H19FN2O.ClH/c1-10-8-11(5-6-12(10)14)9-16-13(17)4-3-7-15-2;/h5-6,8,15H,3-4,7,9H2,1-2H3,(H,16,17);1H. The number of hydrogen-bond donors (Lipinski definition) is 2. The van der Waals surface area contributed by atoms with Gasteiger partial charge in [-0.05, 0) is 44.1 Å². The second kappa shape index (κ2) is 8.89. The maximum absolute atomic E-state index is 13.0. The molecule has 1 amide bonds. The third-order valence-electron chi connectivity index (χ3n) is 2.54. The summed E-state index contributed by atoms with van der Waals surface area (Å²) in [6, 6.07) is 4.87. The number of amides is 1. The van der Waals surface area contributed by atoms with Crippen molar-refractivity contribution in [3.63, 3.8) is 0 Å². The lowest BCUT2D eigenvalue weighted by Gasteiger charge is -2.06. The van der Waals surface area contributed by atoms with Crippen molar-refractivity contribution in [3.8, 4) is 0 Å². The van der Waals surface area contributed by atoms with E-state index < -0.39 is 0 Å². The van der Waals surface area contributed by atoms with Crippen LogP contribution in [-0.2, 0) is 11.3 Å². The van der Waals surface area contributed by atoms with E-state index in [1.54, 1.807) is 19.1 Å². The molecule has 0 radical (unpaired) electrons. The number of carbonyl (C=O) groups excluding carboxylic acids is 1. The van der Waals surface area contributed by atoms with E-state index in [-0.39, 0.29) is 24.1 Å². The van der Waals surface area contributed by atoms with Gasteiger partial charge < -0.3 is 10.6 Å². The summed E-state index contributed by atoms with van der Waals surface area (Å²) in [6.07, 6.45) is 1.34. The highest BCUT2D eigenvalue weighted by Gasteiger charge is 2.02. The summed E-state index contributed by atoms with van der Waals surface area (Å²) in [5, 5.41) is 5.80. The first kappa shape index (κ1) is 16.9. The molecule has 0 aliphatic rings. The van der Waals surface area contributed by atoms with E-state index in [4.69, 9.17) is 0 Å². The van der Waals surface area contributed by atoms with Crippen LogP contribution in [0.3, 0.4) is 0 Å². The van der Waals surface area contributed by atoms with Gasteiger partial charge in [0, 0.05) is 13.0 Å². The summed E-state index contributed by atoms with van der Waals surface area (Å²) < 4.78 is 13.0. The van der Waals surface area contributed by atoms with Gasteiger partial charge in [-0.25, -0.2) is 4.39 Å². The van der Waals surface area contributed by atoms with Crippen LogP contribution in [-0.4, -0.2) is 19.5 Å². The molecule has 2 N–H and O–H groups in total. The average molecular weight is 275 g/mol. The Morgan fingerprint density at radius 3 is 2.72 bits per heavy atom. The smallest absolute Gasteiger partial charge is 0.220 e. The Morgan fingerprint density at radius 2 is 2.11 bits per heavy atom. The van der Waals surface area contributed by atoms with E-state index in [9.17, 15) is 9.18 Å². The van der Waals surface area contributed by atoms with E-state index in [1.165, 1.54) is 6.07 Å². The lowest BCUT2D eigenvalue weighted by atomic mass is 10.1. The molecule has 0 saturated heterocycles. The zero-order valence-electron chi connectivity index (χ0n) is 10.8. The van der Waals surface area contributed by atoms with E-state index in [0.717, 1.165) is 18.5 Å². The quantitative estimate of drug-likeness (QED) is 0.781. The van der Waals surface area contributed by atoms with Gasteiger partial charge in [0.15, 0.2) is 0 Å². The summed E-state index contributed by atoms with van der Waals surface area (Å²) in [5.41, 5.74) is 1.53. The molecule has 5 heteroatoms. The Balaban J connectivity index is 0.00000289. The molecule has 0 unspecified atom stereocenters. The SMILES string of the molecule is CNCCCC(=O)NCc1ccc(F)c(C)c1.Cl. The summed E-state index contributed by atoms with van der Waals surface area (Å²) >= 11 is 0. The van der Waals surface area contributed by atoms with Crippen LogP contribution in [0.15, 0.2) is 18.2 Å². The van der Waals surface area contributed by atoms with Crippen molar-refractivity contribution in [3.05, 3.63) is 35.1 Å². The topological polar surface area (TPSA) is 41.1 Å². The Kier molecular flexibility index (Phi) is 8.33. The van der Waals surface area contributed by atoms with Gasteiger partial charge in [-0.1, -0.05) is 12.1 Å². The molecule has 1 rings (SSSR count). The van der Waals surface area contributed by atoms with Crippen LogP contribution in [0.25, 0.3) is 0 Å². The molecule has 0 bridgehead atoms. The molecular formula is C13H20ClFN2O. The van der Waals surface area contributed by atoms with Crippen molar-refractivity contribution in [1.29, 1.82) is 0 Å². The van der Waals surface area contributed by atoms with Crippen LogP contribution in [0.4, 0.5) is 4.39 Å². The number of halogens is 2. The Morgan fingerprint density at radius 1 is 1.39 bits per heavy atom. The average Bonchev–Trinajstić information content (AvgIpc) is 2.31. The fourth-order valence-electron chi connectivity index (χ4n) is 1.53. The predicted octanol–water partition coefficient (Wildman–Crippen LogP) is 2.17. The van der Waals surface area contributed by atoms with Crippen molar-refractivity contribution in [1.82, 2.24) is 10.6 Å². The Labute approximate surface area is 114 Å². The number of benzene rings is 1. The number of hydrogen-bond acceptors (Lipinski definition) is 2. The van der Waals surface area contributed by atoms with Gasteiger partial charge in [0.2, 0.25) is 5.91 Å². The van der Waals surface area contributed by atoms with Crippen molar-refractivity contribution in [2.45, 2.75) is 26.3 Å². The van der Waals surface area contributed by atoms with Crippen LogP contribution in [0, 0.1) is 12.7 Å². The second-order valence-corrected chi connectivity index (χ2v) is 4.07. The molecule has 3 nitrogen and oxygen atoms in total. The van der Waals surface area contributed by atoms with Gasteiger partial charge in [-0.3, -0.25) is 4.79 Å². The summed E-state index contributed by atoms with van der Waals surface area (Å²) in [5.74, 6) is -0.184. The molecule has 102 valence electrons. The molecule has 0 fully saturated rings. The molecule has 1 aromatic carbocycles. The molecule has 0 aliphatic carbocycles. The van der Waals surface area contributed by atoms with Gasteiger partial charge in [-0.15, -0.1) is 12.4 Å². The van der Waals surface area contributed by atoms with Crippen molar-refractivity contribution >= 4 is 18.3 Å². The van der Waals surface area contributed by atoms with Gasteiger partial charge in [0.1, 0.15) is 5.82 Å². The van der Waals surface area contributed by atoms with E-state index in [1.807, 2.05) is 7.05 Å². The van der Waals surface area contributed by atoms with E-state index in [0.29, 0.717) is 18.5 Å². The largest absolute Gasteiger partial charge is 0.352 e. The first-order valence-electron chi connectivity index (χ1n) is 5.80. The van der Waals surface area contributed by atoms with E-state index >= 15 is 0 Å². The highest BCUT2D eigenvalue weighted by molar-refractivity contribution is 5.85. The van der Waals surface area contributed by atoms with Gasteiger partial charge >= 0.3 is 0 Å². The number of carbonyl (C=O) groups is 1. The predicted molar refractivity (Wildman–Crippen MR) is 73.4 cm³/mol. The lowest BCUT2D eigenvalue weighted by Crippen LogP contribution is -2.23. The minimum Gasteiger partial charge on any atom is -0.352 e. The number of rotatable bonds is 6. The zero-order chi connectivity index (χ0) is 12.7. The van der Waals surface area contributed by atoms with Crippen LogP contribution < -0.4 is 10.6 Å². The lowest BCUT2D eigenvalue weighted by molar-refractivity contribution is -0.121. The normalized spacial score (nSPS) is 9.72. The van der Waals surface area contributed by atoms with Crippen LogP contribution >= 0.6 is 12.4 Å². The van der Waals surface area contributed by atoms with Crippen LogP contribution in [0.5, 0.6) is 0 Å². The third kappa shape index (κ3) is 5.98. The minimum atomic E-state index is -0.214. The molecule has 18 heavy (non-hydrogen) atoms. The summed E-state index contributed by atoms with van der Waals surface area (Å²) in [6.45, 7) is 3.01. The molecule has 0 atom stereocenters. The second-order valence-electron chi connectivity index (χ2n) is 4.07. The monoisotopic (exact) mass is 274 g/mol. The Bertz CT molecular complexity index is 385. The van der Waals surface area contributed by atoms with Gasteiger partial charge in [0.05, 0.1) is 0 Å². The molecule has 1 aromatic rings. The molecule has 0 spiro atoms. The van der Waals surface area contributed by atoms with Crippen molar-refractivity contribution in [2.24, 2.45) is 0 Å². The highest BCUT2D eigenvalue weighted by atomic mass is 35.5. The maximum Gasteiger partial charge on any atom is 0.220 e. The maximum atomic E-state index is 13.0. The molecule has 0 aromatic heterocycles. The number of aryl methyl sites for hydroxylation is 1. The summed E-state index contributed by atoms with van der Waals surface area (Å²) in [4.78, 5) is 11.4. The van der Waals surface area contributed by atoms with Gasteiger partial charge in [0.25, 0.3) is 0 Å². The van der Waals surface area contributed by atoms with Crippen LogP contribution in [0.2, 0.25) is 0 Å². The molecular weight excluding hydrogens is 255 g/mol.